The number of aromatic hydroxyl groups is 1. The number of carbonyl (C=O) groups is 1. The van der Waals surface area contributed by atoms with E-state index in [9.17, 15) is 9.90 Å². The molecule has 2 rings (SSSR count). The second-order valence-electron chi connectivity index (χ2n) is 4.33. The lowest BCUT2D eigenvalue weighted by atomic mass is 10.1. The molecule has 1 atom stereocenters. The largest absolute Gasteiger partial charge is 0.504 e. The number of pyridine rings is 1. The maximum absolute atomic E-state index is 11.0. The molecule has 0 bridgehead atoms. The molecule has 0 aliphatic carbocycles. The normalized spacial score (nSPS) is 12.0. The number of ether oxygens (including phenoxy) is 1. The molecule has 7 heteroatoms. The maximum Gasteiger partial charge on any atom is 0.258 e. The number of aromatic nitrogens is 1. The number of carbonyl (C=O) groups excluding carboxylic acids is 1. The molecule has 1 aromatic heterocycles. The Morgan fingerprint density at radius 1 is 1.38 bits per heavy atom. The zero-order valence-corrected chi connectivity index (χ0v) is 12.5. The summed E-state index contributed by atoms with van der Waals surface area (Å²) in [6.07, 6.45) is 0.610. The van der Waals surface area contributed by atoms with E-state index in [1.807, 2.05) is 0 Å². The summed E-state index contributed by atoms with van der Waals surface area (Å²) in [6.45, 7) is 1.49. The summed E-state index contributed by atoms with van der Waals surface area (Å²) in [6, 6.07) is 6.16. The molecule has 0 fully saturated rings. The number of rotatable bonds is 4. The monoisotopic (exact) mass is 326 g/mol. The van der Waals surface area contributed by atoms with Crippen LogP contribution in [0.4, 0.5) is 0 Å². The van der Waals surface area contributed by atoms with Crippen LogP contribution in [-0.4, -0.2) is 22.1 Å². The maximum atomic E-state index is 11.0. The standard InChI is InChI=1S/C14H12Cl2N2O3/c1-7(14(17)20)21-12-3-2-8(4-11(12)19)13-10(16)5-9(15)6-18-13/h2-7,19H,1H3,(H2,17,20). The van der Waals surface area contributed by atoms with Gasteiger partial charge in [0.25, 0.3) is 5.91 Å². The molecule has 1 amide bonds. The summed E-state index contributed by atoms with van der Waals surface area (Å²) in [4.78, 5) is 15.1. The first-order valence-corrected chi connectivity index (χ1v) is 6.74. The third-order valence-electron chi connectivity index (χ3n) is 2.74. The molecule has 21 heavy (non-hydrogen) atoms. The number of phenols is 1. The Bertz CT molecular complexity index is 692. The molecule has 0 aliphatic rings. The zero-order chi connectivity index (χ0) is 15.6. The van der Waals surface area contributed by atoms with Gasteiger partial charge < -0.3 is 15.6 Å². The van der Waals surface area contributed by atoms with Gasteiger partial charge in [-0.15, -0.1) is 0 Å². The van der Waals surface area contributed by atoms with Gasteiger partial charge in [-0.05, 0) is 31.2 Å². The Hall–Kier alpha value is -1.98. The second kappa shape index (κ2) is 6.20. The summed E-state index contributed by atoms with van der Waals surface area (Å²) < 4.78 is 5.25. The molecule has 0 aliphatic heterocycles. The first-order chi connectivity index (χ1) is 9.88. The fourth-order valence-corrected chi connectivity index (χ4v) is 2.13. The SMILES string of the molecule is CC(Oc1ccc(-c2ncc(Cl)cc2Cl)cc1O)C(N)=O. The van der Waals surface area contributed by atoms with Gasteiger partial charge in [-0.3, -0.25) is 9.78 Å². The number of primary amides is 1. The van der Waals surface area contributed by atoms with Crippen LogP contribution in [0.5, 0.6) is 11.5 Å². The van der Waals surface area contributed by atoms with Gasteiger partial charge in [-0.1, -0.05) is 23.2 Å². The zero-order valence-electron chi connectivity index (χ0n) is 11.0. The van der Waals surface area contributed by atoms with E-state index < -0.39 is 12.0 Å². The number of amides is 1. The van der Waals surface area contributed by atoms with Crippen molar-refractivity contribution in [3.05, 3.63) is 40.5 Å². The molecule has 0 saturated carbocycles. The molecular weight excluding hydrogens is 315 g/mol. The van der Waals surface area contributed by atoms with E-state index in [0.29, 0.717) is 21.3 Å². The number of hydrogen-bond acceptors (Lipinski definition) is 4. The number of hydrogen-bond donors (Lipinski definition) is 2. The third-order valence-corrected chi connectivity index (χ3v) is 3.24. The van der Waals surface area contributed by atoms with Crippen molar-refractivity contribution >= 4 is 29.1 Å². The van der Waals surface area contributed by atoms with Gasteiger partial charge >= 0.3 is 0 Å². The average Bonchev–Trinajstić information content (AvgIpc) is 2.41. The van der Waals surface area contributed by atoms with Crippen molar-refractivity contribution in [1.82, 2.24) is 4.98 Å². The highest BCUT2D eigenvalue weighted by atomic mass is 35.5. The van der Waals surface area contributed by atoms with Gasteiger partial charge in [0.2, 0.25) is 0 Å². The second-order valence-corrected chi connectivity index (χ2v) is 5.17. The van der Waals surface area contributed by atoms with Gasteiger partial charge in [0.15, 0.2) is 17.6 Å². The minimum atomic E-state index is -0.848. The van der Waals surface area contributed by atoms with Crippen LogP contribution in [0.25, 0.3) is 11.3 Å². The molecular formula is C14H12Cl2N2O3. The van der Waals surface area contributed by atoms with Gasteiger partial charge in [0, 0.05) is 11.8 Å². The van der Waals surface area contributed by atoms with Crippen molar-refractivity contribution in [3.8, 4) is 22.8 Å². The highest BCUT2D eigenvalue weighted by Gasteiger charge is 2.14. The number of nitrogens with zero attached hydrogens (tertiary/aromatic N) is 1. The molecule has 1 unspecified atom stereocenters. The average molecular weight is 327 g/mol. The molecule has 5 nitrogen and oxygen atoms in total. The van der Waals surface area contributed by atoms with Crippen LogP contribution in [0.2, 0.25) is 10.0 Å². The van der Waals surface area contributed by atoms with Crippen LogP contribution >= 0.6 is 23.2 Å². The van der Waals surface area contributed by atoms with Crippen molar-refractivity contribution in [1.29, 1.82) is 0 Å². The van der Waals surface area contributed by atoms with Crippen LogP contribution in [0, 0.1) is 0 Å². The third kappa shape index (κ3) is 3.56. The van der Waals surface area contributed by atoms with E-state index in [4.69, 9.17) is 33.7 Å². The lowest BCUT2D eigenvalue weighted by molar-refractivity contribution is -0.124. The molecule has 3 N–H and O–H groups in total. The first kappa shape index (κ1) is 15.4. The molecule has 0 spiro atoms. The van der Waals surface area contributed by atoms with E-state index >= 15 is 0 Å². The smallest absolute Gasteiger partial charge is 0.258 e. The van der Waals surface area contributed by atoms with Crippen molar-refractivity contribution in [2.24, 2.45) is 5.73 Å². The molecule has 0 saturated heterocycles. The van der Waals surface area contributed by atoms with E-state index in [0.717, 1.165) is 0 Å². The minimum Gasteiger partial charge on any atom is -0.504 e. The van der Waals surface area contributed by atoms with Crippen LogP contribution in [0.1, 0.15) is 6.92 Å². The minimum absolute atomic E-state index is 0.145. The topological polar surface area (TPSA) is 85.4 Å². The Morgan fingerprint density at radius 2 is 2.10 bits per heavy atom. The summed E-state index contributed by atoms with van der Waals surface area (Å²) >= 11 is 11.8. The van der Waals surface area contributed by atoms with Crippen LogP contribution in [0.3, 0.4) is 0 Å². The fraction of sp³-hybridized carbons (Fsp3) is 0.143. The summed E-state index contributed by atoms with van der Waals surface area (Å²) in [5.41, 5.74) is 6.17. The van der Waals surface area contributed by atoms with E-state index in [1.54, 1.807) is 12.1 Å². The Morgan fingerprint density at radius 3 is 2.67 bits per heavy atom. The highest BCUT2D eigenvalue weighted by Crippen LogP contribution is 2.34. The van der Waals surface area contributed by atoms with Crippen LogP contribution in [-0.2, 0) is 4.79 Å². The van der Waals surface area contributed by atoms with Crippen molar-refractivity contribution in [2.45, 2.75) is 13.0 Å². The van der Waals surface area contributed by atoms with E-state index in [2.05, 4.69) is 4.98 Å². The Kier molecular flexibility index (Phi) is 4.55. The fourth-order valence-electron chi connectivity index (χ4n) is 1.64. The number of phenolic OH excluding ortho intramolecular Hbond substituents is 1. The van der Waals surface area contributed by atoms with Gasteiger partial charge in [0.1, 0.15) is 0 Å². The molecule has 110 valence electrons. The predicted octanol–water partition coefficient (Wildman–Crippen LogP) is 3.01. The summed E-state index contributed by atoms with van der Waals surface area (Å²) in [5.74, 6) is -0.621. The molecule has 0 radical (unpaired) electrons. The summed E-state index contributed by atoms with van der Waals surface area (Å²) in [5, 5.41) is 10.7. The van der Waals surface area contributed by atoms with Gasteiger partial charge in [0.05, 0.1) is 15.7 Å². The Balaban J connectivity index is 2.32. The molecule has 1 aromatic carbocycles. The van der Waals surface area contributed by atoms with Gasteiger partial charge in [-0.25, -0.2) is 0 Å². The lowest BCUT2D eigenvalue weighted by Crippen LogP contribution is -2.30. The number of halogens is 2. The van der Waals surface area contributed by atoms with Crippen molar-refractivity contribution < 1.29 is 14.6 Å². The Labute approximate surface area is 131 Å². The quantitative estimate of drug-likeness (QED) is 0.904. The van der Waals surface area contributed by atoms with Crippen molar-refractivity contribution in [2.75, 3.05) is 0 Å². The van der Waals surface area contributed by atoms with E-state index in [-0.39, 0.29) is 11.5 Å². The number of benzene rings is 1. The van der Waals surface area contributed by atoms with E-state index in [1.165, 1.54) is 25.3 Å². The van der Waals surface area contributed by atoms with Crippen LogP contribution in [0.15, 0.2) is 30.5 Å². The first-order valence-electron chi connectivity index (χ1n) is 5.99. The van der Waals surface area contributed by atoms with Gasteiger partial charge in [-0.2, -0.15) is 0 Å². The van der Waals surface area contributed by atoms with Crippen molar-refractivity contribution in [3.63, 3.8) is 0 Å². The lowest BCUT2D eigenvalue weighted by Gasteiger charge is -2.13. The molecule has 1 heterocycles. The van der Waals surface area contributed by atoms with Crippen LogP contribution < -0.4 is 10.5 Å². The highest BCUT2D eigenvalue weighted by molar-refractivity contribution is 6.36. The number of nitrogens with two attached hydrogens (primary N) is 1. The predicted molar refractivity (Wildman–Crippen MR) is 80.6 cm³/mol. The summed E-state index contributed by atoms with van der Waals surface area (Å²) in [7, 11) is 0. The molecule has 2 aromatic rings.